The third kappa shape index (κ3) is 9.21. The number of hydrogen-bond donors (Lipinski definition) is 3. The molecule has 152 valence electrons. The molecule has 2 rings (SSSR count). The highest BCUT2D eigenvalue weighted by Gasteiger charge is 2.19. The summed E-state index contributed by atoms with van der Waals surface area (Å²) in [5, 5.41) is 6.80. The number of benzene rings is 1. The van der Waals surface area contributed by atoms with Gasteiger partial charge < -0.3 is 10.6 Å². The molecule has 1 fully saturated rings. The van der Waals surface area contributed by atoms with E-state index in [0.717, 1.165) is 45.0 Å². The third-order valence-corrected chi connectivity index (χ3v) is 5.22. The largest absolute Gasteiger partial charge is 0.357 e. The van der Waals surface area contributed by atoms with Gasteiger partial charge in [0.05, 0.1) is 6.26 Å². The Morgan fingerprint density at radius 3 is 2.56 bits per heavy atom. The molecule has 0 amide bonds. The van der Waals surface area contributed by atoms with Gasteiger partial charge in [0.2, 0.25) is 10.0 Å². The minimum absolute atomic E-state index is 0.416. The Kier molecular flexibility index (Phi) is 9.03. The van der Waals surface area contributed by atoms with Gasteiger partial charge in [-0.1, -0.05) is 30.3 Å². The van der Waals surface area contributed by atoms with Crippen LogP contribution in [0.5, 0.6) is 0 Å². The summed E-state index contributed by atoms with van der Waals surface area (Å²) in [6.07, 6.45) is 4.03. The van der Waals surface area contributed by atoms with E-state index in [1.54, 1.807) is 0 Å². The van der Waals surface area contributed by atoms with Crippen LogP contribution >= 0.6 is 0 Å². The van der Waals surface area contributed by atoms with Crippen LogP contribution in [0.3, 0.4) is 0 Å². The van der Waals surface area contributed by atoms with Crippen LogP contribution in [0.2, 0.25) is 0 Å². The summed E-state index contributed by atoms with van der Waals surface area (Å²) in [6, 6.07) is 11.0. The van der Waals surface area contributed by atoms with E-state index in [9.17, 15) is 8.42 Å². The fourth-order valence-corrected chi connectivity index (χ4v) is 3.63. The van der Waals surface area contributed by atoms with E-state index in [1.807, 2.05) is 6.92 Å². The van der Waals surface area contributed by atoms with Crippen molar-refractivity contribution < 1.29 is 8.42 Å². The number of likely N-dealkylation sites (tertiary alicyclic amines) is 1. The first kappa shape index (κ1) is 21.7. The molecule has 1 aromatic rings. The smallest absolute Gasteiger partial charge is 0.208 e. The van der Waals surface area contributed by atoms with Crippen molar-refractivity contribution in [3.63, 3.8) is 0 Å². The van der Waals surface area contributed by atoms with Gasteiger partial charge >= 0.3 is 0 Å². The Hall–Kier alpha value is -1.64. The fraction of sp³-hybridized carbons (Fsp3) is 0.632. The zero-order valence-corrected chi connectivity index (χ0v) is 17.3. The van der Waals surface area contributed by atoms with Gasteiger partial charge in [-0.15, -0.1) is 0 Å². The highest BCUT2D eigenvalue weighted by Crippen LogP contribution is 2.13. The van der Waals surface area contributed by atoms with Crippen LogP contribution in [0.1, 0.15) is 31.7 Å². The van der Waals surface area contributed by atoms with Crippen molar-refractivity contribution in [1.82, 2.24) is 20.3 Å². The molecule has 0 spiro atoms. The molecule has 8 heteroatoms. The molecule has 0 aromatic heterocycles. The van der Waals surface area contributed by atoms with Gasteiger partial charge in [0.15, 0.2) is 5.96 Å². The molecule has 7 nitrogen and oxygen atoms in total. The highest BCUT2D eigenvalue weighted by atomic mass is 32.2. The lowest BCUT2D eigenvalue weighted by Gasteiger charge is -2.33. The van der Waals surface area contributed by atoms with Crippen molar-refractivity contribution in [2.45, 2.75) is 38.8 Å². The number of rotatable bonds is 9. The Balaban J connectivity index is 1.72. The summed E-state index contributed by atoms with van der Waals surface area (Å²) >= 11 is 0. The van der Waals surface area contributed by atoms with Crippen molar-refractivity contribution in [1.29, 1.82) is 0 Å². The summed E-state index contributed by atoms with van der Waals surface area (Å²) in [7, 11) is -3.12. The summed E-state index contributed by atoms with van der Waals surface area (Å²) in [5.41, 5.74) is 1.36. The van der Waals surface area contributed by atoms with E-state index in [2.05, 4.69) is 55.6 Å². The van der Waals surface area contributed by atoms with Crippen molar-refractivity contribution in [2.75, 3.05) is 39.0 Å². The van der Waals surface area contributed by atoms with E-state index in [1.165, 1.54) is 11.8 Å². The number of sulfonamides is 1. The predicted molar refractivity (Wildman–Crippen MR) is 111 cm³/mol. The van der Waals surface area contributed by atoms with E-state index in [-0.39, 0.29) is 0 Å². The molecule has 0 bridgehead atoms. The molecular weight excluding hydrogens is 362 g/mol. The molecular formula is C19H33N5O2S. The first-order valence-electron chi connectivity index (χ1n) is 9.72. The first-order chi connectivity index (χ1) is 13.0. The normalized spacial score (nSPS) is 17.0. The number of aliphatic imine (C=N–C) groups is 1. The van der Waals surface area contributed by atoms with Gasteiger partial charge in [-0.2, -0.15) is 0 Å². The average Bonchev–Trinajstić information content (AvgIpc) is 2.63. The van der Waals surface area contributed by atoms with Crippen LogP contribution in [0.15, 0.2) is 35.3 Å². The Labute approximate surface area is 163 Å². The van der Waals surface area contributed by atoms with Crippen LogP contribution in [-0.4, -0.2) is 64.3 Å². The third-order valence-electron chi connectivity index (χ3n) is 4.49. The number of guanidine groups is 1. The predicted octanol–water partition coefficient (Wildman–Crippen LogP) is 1.15. The molecule has 0 saturated carbocycles. The maximum absolute atomic E-state index is 11.1. The minimum Gasteiger partial charge on any atom is -0.357 e. The number of piperidine rings is 1. The topological polar surface area (TPSA) is 85.8 Å². The van der Waals surface area contributed by atoms with Crippen molar-refractivity contribution >= 4 is 16.0 Å². The van der Waals surface area contributed by atoms with Crippen molar-refractivity contribution in [3.8, 4) is 0 Å². The Morgan fingerprint density at radius 1 is 1.22 bits per heavy atom. The zero-order valence-electron chi connectivity index (χ0n) is 16.4. The first-order valence-corrected chi connectivity index (χ1v) is 11.6. The SMILES string of the molecule is CCNC(=NCCCNS(C)(=O)=O)NC1CCN(Cc2ccccc2)CC1. The maximum atomic E-state index is 11.1. The van der Waals surface area contributed by atoms with Crippen LogP contribution in [0.25, 0.3) is 0 Å². The summed E-state index contributed by atoms with van der Waals surface area (Å²) in [6.45, 7) is 7.01. The lowest BCUT2D eigenvalue weighted by atomic mass is 10.0. The molecule has 0 atom stereocenters. The molecule has 0 unspecified atom stereocenters. The molecule has 1 heterocycles. The van der Waals surface area contributed by atoms with Crippen molar-refractivity contribution in [2.24, 2.45) is 4.99 Å². The van der Waals surface area contributed by atoms with Gasteiger partial charge in [-0.3, -0.25) is 9.89 Å². The molecule has 27 heavy (non-hydrogen) atoms. The summed E-state index contributed by atoms with van der Waals surface area (Å²) < 4.78 is 24.6. The van der Waals surface area contributed by atoms with Gasteiger partial charge in [-0.05, 0) is 31.7 Å². The molecule has 0 radical (unpaired) electrons. The Morgan fingerprint density at radius 2 is 1.93 bits per heavy atom. The second-order valence-corrected chi connectivity index (χ2v) is 8.79. The van der Waals surface area contributed by atoms with E-state index in [4.69, 9.17) is 0 Å². The molecule has 1 aliphatic heterocycles. The molecule has 0 aliphatic carbocycles. The van der Waals surface area contributed by atoms with Gasteiger partial charge in [-0.25, -0.2) is 13.1 Å². The highest BCUT2D eigenvalue weighted by molar-refractivity contribution is 7.88. The van der Waals surface area contributed by atoms with Crippen LogP contribution in [0, 0.1) is 0 Å². The second kappa shape index (κ2) is 11.3. The van der Waals surface area contributed by atoms with Crippen LogP contribution in [-0.2, 0) is 16.6 Å². The monoisotopic (exact) mass is 395 g/mol. The maximum Gasteiger partial charge on any atom is 0.208 e. The quantitative estimate of drug-likeness (QED) is 0.332. The molecule has 1 aromatic carbocycles. The van der Waals surface area contributed by atoms with Crippen LogP contribution in [0.4, 0.5) is 0 Å². The molecule has 3 N–H and O–H groups in total. The van der Waals surface area contributed by atoms with E-state index in [0.29, 0.717) is 25.6 Å². The van der Waals surface area contributed by atoms with Gasteiger partial charge in [0, 0.05) is 45.3 Å². The molecule has 1 saturated heterocycles. The Bertz CT molecular complexity index is 671. The second-order valence-electron chi connectivity index (χ2n) is 6.96. The van der Waals surface area contributed by atoms with E-state index < -0.39 is 10.0 Å². The fourth-order valence-electron chi connectivity index (χ4n) is 3.12. The number of hydrogen-bond acceptors (Lipinski definition) is 4. The lowest BCUT2D eigenvalue weighted by Crippen LogP contribution is -2.48. The number of nitrogens with one attached hydrogen (secondary N) is 3. The molecule has 1 aliphatic rings. The minimum atomic E-state index is -3.12. The van der Waals surface area contributed by atoms with Gasteiger partial charge in [0.25, 0.3) is 0 Å². The van der Waals surface area contributed by atoms with Crippen molar-refractivity contribution in [3.05, 3.63) is 35.9 Å². The zero-order chi connectivity index (χ0) is 19.5. The summed E-state index contributed by atoms with van der Waals surface area (Å²) in [5.74, 6) is 0.818. The lowest BCUT2D eigenvalue weighted by molar-refractivity contribution is 0.198. The number of nitrogens with zero attached hydrogens (tertiary/aromatic N) is 2. The van der Waals surface area contributed by atoms with Gasteiger partial charge in [0.1, 0.15) is 0 Å². The summed E-state index contributed by atoms with van der Waals surface area (Å²) in [4.78, 5) is 7.05. The van der Waals surface area contributed by atoms with Crippen LogP contribution < -0.4 is 15.4 Å². The average molecular weight is 396 g/mol. The standard InChI is InChI=1S/C19H33N5O2S/c1-3-20-19(21-12-7-13-22-27(2,25)26)23-18-10-14-24(15-11-18)16-17-8-5-4-6-9-17/h4-6,8-9,18,22H,3,7,10-16H2,1-2H3,(H2,20,21,23). The van der Waals surface area contributed by atoms with E-state index >= 15 is 0 Å².